The Kier molecular flexibility index (Phi) is 4.74. The zero-order chi connectivity index (χ0) is 18.8. The lowest BCUT2D eigenvalue weighted by Gasteiger charge is -2.16. The van der Waals surface area contributed by atoms with Crippen molar-refractivity contribution in [1.29, 1.82) is 0 Å². The molecule has 3 atom stereocenters. The third-order valence-electron chi connectivity index (χ3n) is 3.94. The van der Waals surface area contributed by atoms with Gasteiger partial charge in [0.05, 0.1) is 6.04 Å². The van der Waals surface area contributed by atoms with Crippen molar-refractivity contribution in [2.45, 2.75) is 38.6 Å². The van der Waals surface area contributed by atoms with Gasteiger partial charge in [-0.25, -0.2) is 4.79 Å². The number of aromatic nitrogens is 2. The van der Waals surface area contributed by atoms with Crippen LogP contribution < -0.4 is 11.1 Å². The molecule has 3 heterocycles. The number of hydrogen-bond donors (Lipinski definition) is 0. The third-order valence-corrected chi connectivity index (χ3v) is 3.94. The zero-order valence-electron chi connectivity index (χ0n) is 14.0. The highest BCUT2D eigenvalue weighted by molar-refractivity contribution is 5.70. The lowest BCUT2D eigenvalue weighted by atomic mass is 10.1. The number of esters is 1. The second-order valence-corrected chi connectivity index (χ2v) is 5.81. The molecule has 136 valence electrons. The molecule has 0 unspecified atom stereocenters. The molecule has 0 aliphatic carbocycles. The molecule has 2 aromatic heterocycles. The van der Waals surface area contributed by atoms with Gasteiger partial charge in [0.1, 0.15) is 30.1 Å². The van der Waals surface area contributed by atoms with Crippen molar-refractivity contribution >= 4 is 17.1 Å². The minimum absolute atomic E-state index is 0.0581. The predicted molar refractivity (Wildman–Crippen MR) is 87.4 cm³/mol. The van der Waals surface area contributed by atoms with Crippen LogP contribution in [0, 0.1) is 6.92 Å². The first kappa shape index (κ1) is 17.6. The number of carbonyl (C=O) groups excluding carboxylic acids is 1. The van der Waals surface area contributed by atoms with Crippen molar-refractivity contribution in [3.05, 3.63) is 49.2 Å². The standard InChI is InChI=1S/C15H15N5O6/c1-7-3-11(22)9-5-20(15(23)17-14(9)25-7)13-4-10(18-19-16)12(26-13)6-24-8(2)21/h3,5,10,12-13H,4,6H2,1-2H3/t10-,12+,13+/m0/s1. The predicted octanol–water partition coefficient (Wildman–Crippen LogP) is 1.19. The largest absolute Gasteiger partial charge is 0.463 e. The molecular weight excluding hydrogens is 346 g/mol. The first-order valence-corrected chi connectivity index (χ1v) is 7.75. The fraction of sp³-hybridized carbons (Fsp3) is 0.467. The molecule has 1 saturated heterocycles. The van der Waals surface area contributed by atoms with Crippen molar-refractivity contribution in [3.63, 3.8) is 0 Å². The van der Waals surface area contributed by atoms with Crippen LogP contribution in [-0.4, -0.2) is 34.3 Å². The first-order chi connectivity index (χ1) is 12.4. The molecule has 0 aromatic carbocycles. The normalized spacial score (nSPS) is 22.2. The Labute approximate surface area is 145 Å². The molecule has 1 fully saturated rings. The quantitative estimate of drug-likeness (QED) is 0.343. The van der Waals surface area contributed by atoms with E-state index in [0.717, 1.165) is 4.57 Å². The summed E-state index contributed by atoms with van der Waals surface area (Å²) >= 11 is 0. The minimum Gasteiger partial charge on any atom is -0.463 e. The van der Waals surface area contributed by atoms with Gasteiger partial charge in [0.25, 0.3) is 0 Å². The molecule has 2 aromatic rings. The molecular formula is C15H15N5O6. The van der Waals surface area contributed by atoms with Crippen LogP contribution in [0.4, 0.5) is 0 Å². The molecule has 26 heavy (non-hydrogen) atoms. The lowest BCUT2D eigenvalue weighted by molar-refractivity contribution is -0.146. The number of carbonyl (C=O) groups is 1. The van der Waals surface area contributed by atoms with Crippen molar-refractivity contribution in [3.8, 4) is 0 Å². The van der Waals surface area contributed by atoms with Crippen LogP contribution in [-0.2, 0) is 14.3 Å². The van der Waals surface area contributed by atoms with Gasteiger partial charge >= 0.3 is 11.7 Å². The van der Waals surface area contributed by atoms with Crippen molar-refractivity contribution < 1.29 is 18.7 Å². The molecule has 1 aliphatic heterocycles. The zero-order valence-corrected chi connectivity index (χ0v) is 14.0. The molecule has 0 saturated carbocycles. The van der Waals surface area contributed by atoms with E-state index in [-0.39, 0.29) is 29.6 Å². The first-order valence-electron chi connectivity index (χ1n) is 7.75. The van der Waals surface area contributed by atoms with Gasteiger partial charge in [-0.3, -0.25) is 14.2 Å². The van der Waals surface area contributed by atoms with E-state index >= 15 is 0 Å². The smallest absolute Gasteiger partial charge is 0.353 e. The van der Waals surface area contributed by atoms with E-state index in [4.69, 9.17) is 19.4 Å². The van der Waals surface area contributed by atoms with Gasteiger partial charge in [-0.2, -0.15) is 4.98 Å². The van der Waals surface area contributed by atoms with Gasteiger partial charge < -0.3 is 13.9 Å². The van der Waals surface area contributed by atoms with Gasteiger partial charge in [0, 0.05) is 30.5 Å². The van der Waals surface area contributed by atoms with Crippen LogP contribution in [0.25, 0.3) is 21.5 Å². The lowest BCUT2D eigenvalue weighted by Crippen LogP contribution is -2.29. The Bertz CT molecular complexity index is 1020. The van der Waals surface area contributed by atoms with E-state index in [1.54, 1.807) is 6.92 Å². The Hall–Kier alpha value is -3.17. The van der Waals surface area contributed by atoms with Crippen molar-refractivity contribution in [1.82, 2.24) is 9.55 Å². The molecule has 0 spiro atoms. The highest BCUT2D eigenvalue weighted by atomic mass is 16.6. The number of azide groups is 1. The molecule has 0 bridgehead atoms. The number of hydrogen-bond acceptors (Lipinski definition) is 8. The summed E-state index contributed by atoms with van der Waals surface area (Å²) in [5.74, 6) is -0.164. The summed E-state index contributed by atoms with van der Waals surface area (Å²) < 4.78 is 17.0. The fourth-order valence-corrected chi connectivity index (χ4v) is 2.77. The number of rotatable bonds is 4. The summed E-state index contributed by atoms with van der Waals surface area (Å²) in [6.07, 6.45) is -0.0598. The molecule has 0 amide bonds. The maximum Gasteiger partial charge on any atom is 0.353 e. The van der Waals surface area contributed by atoms with Crippen LogP contribution in [0.5, 0.6) is 0 Å². The van der Waals surface area contributed by atoms with Crippen LogP contribution in [0.1, 0.15) is 25.3 Å². The topological polar surface area (TPSA) is 149 Å². The van der Waals surface area contributed by atoms with Gasteiger partial charge in [0.15, 0.2) is 5.43 Å². The average molecular weight is 361 g/mol. The van der Waals surface area contributed by atoms with Crippen LogP contribution in [0.3, 0.4) is 0 Å². The summed E-state index contributed by atoms with van der Waals surface area (Å²) in [6.45, 7) is 2.71. The highest BCUT2D eigenvalue weighted by Crippen LogP contribution is 2.30. The second kappa shape index (κ2) is 6.98. The summed E-state index contributed by atoms with van der Waals surface area (Å²) in [6, 6.07) is 0.655. The molecule has 3 rings (SSSR count). The second-order valence-electron chi connectivity index (χ2n) is 5.81. The van der Waals surface area contributed by atoms with E-state index < -0.39 is 30.0 Å². The number of nitrogens with zero attached hydrogens (tertiary/aromatic N) is 5. The summed E-state index contributed by atoms with van der Waals surface area (Å²) in [5, 5.41) is 3.76. The maximum atomic E-state index is 12.3. The van der Waals surface area contributed by atoms with Crippen molar-refractivity contribution in [2.75, 3.05) is 6.61 Å². The molecule has 0 radical (unpaired) electrons. The Morgan fingerprint density at radius 3 is 3.00 bits per heavy atom. The van der Waals surface area contributed by atoms with Crippen LogP contribution >= 0.6 is 0 Å². The SMILES string of the molecule is CC(=O)OC[C@H]1O[C@@H](n2cc3c(=O)cc(C)oc3nc2=O)C[C@@H]1N=[N+]=[N-]. The average Bonchev–Trinajstić information content (AvgIpc) is 2.95. The number of fused-ring (bicyclic) bond motifs is 1. The van der Waals surface area contributed by atoms with E-state index in [1.165, 1.54) is 19.2 Å². The maximum absolute atomic E-state index is 12.3. The van der Waals surface area contributed by atoms with Gasteiger partial charge in [0.2, 0.25) is 5.71 Å². The molecule has 11 heteroatoms. The van der Waals surface area contributed by atoms with Gasteiger partial charge in [-0.1, -0.05) is 5.11 Å². The number of aryl methyl sites for hydroxylation is 1. The van der Waals surface area contributed by atoms with Gasteiger partial charge in [-0.05, 0) is 12.5 Å². The molecule has 1 aliphatic rings. The molecule has 11 nitrogen and oxygen atoms in total. The van der Waals surface area contributed by atoms with Crippen molar-refractivity contribution in [2.24, 2.45) is 5.11 Å². The molecule has 0 N–H and O–H groups in total. The highest BCUT2D eigenvalue weighted by Gasteiger charge is 2.37. The minimum atomic E-state index is -0.823. The number of ether oxygens (including phenoxy) is 2. The van der Waals surface area contributed by atoms with E-state index in [0.29, 0.717) is 5.76 Å². The van der Waals surface area contributed by atoms with Crippen LogP contribution in [0.2, 0.25) is 0 Å². The Balaban J connectivity index is 1.97. The monoisotopic (exact) mass is 361 g/mol. The summed E-state index contributed by atoms with van der Waals surface area (Å²) in [4.78, 5) is 41.9. The van der Waals surface area contributed by atoms with E-state index in [9.17, 15) is 14.4 Å². The third kappa shape index (κ3) is 3.44. The van der Waals surface area contributed by atoms with Gasteiger partial charge in [-0.15, -0.1) is 0 Å². The van der Waals surface area contributed by atoms with Crippen LogP contribution in [0.15, 0.2) is 31.4 Å². The summed E-state index contributed by atoms with van der Waals surface area (Å²) in [5.41, 5.74) is 7.62. The Morgan fingerprint density at radius 2 is 2.31 bits per heavy atom. The van der Waals surface area contributed by atoms with E-state index in [1.807, 2.05) is 0 Å². The Morgan fingerprint density at radius 1 is 1.54 bits per heavy atom. The fourth-order valence-electron chi connectivity index (χ4n) is 2.77. The summed E-state index contributed by atoms with van der Waals surface area (Å²) in [7, 11) is 0. The van der Waals surface area contributed by atoms with E-state index in [2.05, 4.69) is 15.0 Å².